The molecule has 0 aliphatic carbocycles. The topological polar surface area (TPSA) is 26.3 Å². The molecule has 0 fully saturated rings. The third-order valence-corrected chi connectivity index (χ3v) is 3.43. The summed E-state index contributed by atoms with van der Waals surface area (Å²) in [5.74, 6) is -0.559. The van der Waals surface area contributed by atoms with Gasteiger partial charge in [0.1, 0.15) is 0 Å². The molecule has 1 unspecified atom stereocenters. The van der Waals surface area contributed by atoms with E-state index in [2.05, 4.69) is 0 Å². The Morgan fingerprint density at radius 2 is 1.59 bits per heavy atom. The lowest BCUT2D eigenvalue weighted by Gasteiger charge is -2.38. The first kappa shape index (κ1) is 16.3. The first-order chi connectivity index (χ1) is 7.44. The molecule has 0 aliphatic rings. The Morgan fingerprint density at radius 3 is 1.88 bits per heavy atom. The third kappa shape index (κ3) is 4.56. The van der Waals surface area contributed by atoms with E-state index in [1.54, 1.807) is 6.92 Å². The van der Waals surface area contributed by atoms with Crippen LogP contribution in [0.5, 0.6) is 0 Å². The molecule has 0 heterocycles. The fourth-order valence-corrected chi connectivity index (χ4v) is 1.40. The molecule has 0 aromatic carbocycles. The Balaban J connectivity index is 4.49. The monoisotopic (exact) mass is 254 g/mol. The largest absolute Gasteiger partial charge is 0.465 e. The van der Waals surface area contributed by atoms with Crippen molar-refractivity contribution in [1.29, 1.82) is 0 Å². The summed E-state index contributed by atoms with van der Waals surface area (Å²) >= 11 is 0. The lowest BCUT2D eigenvalue weighted by Crippen LogP contribution is -2.41. The fourth-order valence-electron chi connectivity index (χ4n) is 1.40. The molecule has 0 bridgehead atoms. The molecule has 102 valence electrons. The van der Waals surface area contributed by atoms with Crippen LogP contribution in [-0.2, 0) is 9.53 Å². The number of hydrogen-bond acceptors (Lipinski definition) is 2. The molecule has 5 heteroatoms. The van der Waals surface area contributed by atoms with Crippen molar-refractivity contribution in [3.05, 3.63) is 0 Å². The van der Waals surface area contributed by atoms with Gasteiger partial charge in [-0.3, -0.25) is 4.79 Å². The Labute approximate surface area is 101 Å². The van der Waals surface area contributed by atoms with Gasteiger partial charge in [-0.1, -0.05) is 27.7 Å². The lowest BCUT2D eigenvalue weighted by molar-refractivity contribution is -0.172. The van der Waals surface area contributed by atoms with E-state index in [0.29, 0.717) is 6.42 Å². The summed E-state index contributed by atoms with van der Waals surface area (Å²) in [6.07, 6.45) is -4.85. The van der Waals surface area contributed by atoms with Crippen molar-refractivity contribution >= 4 is 5.97 Å². The minimum atomic E-state index is -4.29. The second-order valence-electron chi connectivity index (χ2n) is 5.44. The molecule has 0 aliphatic heterocycles. The molecule has 1 atom stereocenters. The minimum Gasteiger partial charge on any atom is -0.465 e. The van der Waals surface area contributed by atoms with E-state index >= 15 is 0 Å². The third-order valence-electron chi connectivity index (χ3n) is 3.43. The molecular formula is C12H21F3O2. The number of rotatable bonds is 4. The van der Waals surface area contributed by atoms with Gasteiger partial charge in [0.25, 0.3) is 0 Å². The van der Waals surface area contributed by atoms with Crippen LogP contribution in [0.2, 0.25) is 0 Å². The van der Waals surface area contributed by atoms with Gasteiger partial charge in [-0.05, 0) is 18.8 Å². The van der Waals surface area contributed by atoms with Gasteiger partial charge in [-0.25, -0.2) is 0 Å². The van der Waals surface area contributed by atoms with Crippen LogP contribution >= 0.6 is 0 Å². The summed E-state index contributed by atoms with van der Waals surface area (Å²) in [7, 11) is 0. The second kappa shape index (κ2) is 5.27. The maximum absolute atomic E-state index is 11.9. The zero-order chi connectivity index (χ0) is 13.9. The van der Waals surface area contributed by atoms with Crippen molar-refractivity contribution in [2.45, 2.75) is 53.6 Å². The summed E-state index contributed by atoms with van der Waals surface area (Å²) in [4.78, 5) is 11.8. The van der Waals surface area contributed by atoms with Gasteiger partial charge >= 0.3 is 12.1 Å². The summed E-state index contributed by atoms with van der Waals surface area (Å²) in [6.45, 7) is 8.58. The molecule has 0 saturated carbocycles. The molecule has 0 rings (SSSR count). The van der Waals surface area contributed by atoms with Crippen LogP contribution in [0.4, 0.5) is 13.2 Å². The molecule has 0 aromatic heterocycles. The first-order valence-corrected chi connectivity index (χ1v) is 5.68. The molecule has 0 amide bonds. The average Bonchev–Trinajstić information content (AvgIpc) is 2.12. The van der Waals surface area contributed by atoms with Gasteiger partial charge in [-0.2, -0.15) is 13.2 Å². The highest BCUT2D eigenvalue weighted by molar-refractivity contribution is 5.77. The normalized spacial score (nSPS) is 16.5. The quantitative estimate of drug-likeness (QED) is 0.710. The summed E-state index contributed by atoms with van der Waals surface area (Å²) in [5.41, 5.74) is -1.12. The van der Waals surface area contributed by atoms with Crippen molar-refractivity contribution in [1.82, 2.24) is 0 Å². The van der Waals surface area contributed by atoms with Crippen LogP contribution in [0.1, 0.15) is 47.5 Å². The highest BCUT2D eigenvalue weighted by atomic mass is 19.4. The molecule has 0 aromatic rings. The van der Waals surface area contributed by atoms with Crippen LogP contribution in [-0.4, -0.2) is 18.8 Å². The average molecular weight is 254 g/mol. The van der Waals surface area contributed by atoms with Gasteiger partial charge in [0, 0.05) is 0 Å². The Kier molecular flexibility index (Phi) is 5.04. The van der Waals surface area contributed by atoms with E-state index in [9.17, 15) is 18.0 Å². The molecule has 0 saturated heterocycles. The number of carbonyl (C=O) groups is 1. The highest BCUT2D eigenvalue weighted by Crippen LogP contribution is 2.42. The Bertz CT molecular complexity index is 266. The van der Waals surface area contributed by atoms with Gasteiger partial charge < -0.3 is 4.74 Å². The van der Waals surface area contributed by atoms with E-state index in [1.807, 2.05) is 27.7 Å². The molecule has 0 N–H and O–H groups in total. The zero-order valence-electron chi connectivity index (χ0n) is 11.1. The van der Waals surface area contributed by atoms with E-state index in [1.165, 1.54) is 0 Å². The van der Waals surface area contributed by atoms with E-state index in [0.717, 1.165) is 0 Å². The van der Waals surface area contributed by atoms with Crippen molar-refractivity contribution in [2.75, 3.05) is 6.61 Å². The Morgan fingerprint density at radius 1 is 1.12 bits per heavy atom. The number of halogens is 3. The van der Waals surface area contributed by atoms with Crippen LogP contribution < -0.4 is 0 Å². The smallest absolute Gasteiger partial charge is 0.392 e. The van der Waals surface area contributed by atoms with Crippen LogP contribution in [0.15, 0.2) is 0 Å². The van der Waals surface area contributed by atoms with Crippen molar-refractivity contribution in [3.63, 3.8) is 0 Å². The van der Waals surface area contributed by atoms with E-state index < -0.39 is 30.6 Å². The zero-order valence-corrected chi connectivity index (χ0v) is 11.1. The fraction of sp³-hybridized carbons (Fsp3) is 0.917. The standard InChI is InChI=1S/C12H21F3O2/c1-6-11(5,10(2,3)4)9(16)17-8-7-12(13,14)15/h6-8H2,1-5H3. The molecule has 0 spiro atoms. The van der Waals surface area contributed by atoms with Crippen molar-refractivity contribution in [3.8, 4) is 0 Å². The number of alkyl halides is 3. The van der Waals surface area contributed by atoms with E-state index in [4.69, 9.17) is 4.74 Å². The van der Waals surface area contributed by atoms with Gasteiger partial charge in [-0.15, -0.1) is 0 Å². The number of esters is 1. The van der Waals surface area contributed by atoms with Gasteiger partial charge in [0.15, 0.2) is 0 Å². The predicted octanol–water partition coefficient (Wildman–Crippen LogP) is 3.94. The predicted molar refractivity (Wildman–Crippen MR) is 59.5 cm³/mol. The maximum Gasteiger partial charge on any atom is 0.392 e. The van der Waals surface area contributed by atoms with Crippen molar-refractivity contribution in [2.24, 2.45) is 10.8 Å². The van der Waals surface area contributed by atoms with Crippen molar-refractivity contribution < 1.29 is 22.7 Å². The molecule has 2 nitrogen and oxygen atoms in total. The second-order valence-corrected chi connectivity index (χ2v) is 5.44. The molecule has 0 radical (unpaired) electrons. The number of hydrogen-bond donors (Lipinski definition) is 0. The van der Waals surface area contributed by atoms with Gasteiger partial charge in [0.05, 0.1) is 18.4 Å². The molecule has 17 heavy (non-hydrogen) atoms. The first-order valence-electron chi connectivity index (χ1n) is 5.68. The van der Waals surface area contributed by atoms with Crippen LogP contribution in [0, 0.1) is 10.8 Å². The highest BCUT2D eigenvalue weighted by Gasteiger charge is 2.44. The SMILES string of the molecule is CCC(C)(C(=O)OCCC(F)(F)F)C(C)(C)C. The number of carbonyl (C=O) groups excluding carboxylic acids is 1. The number of ether oxygens (including phenoxy) is 1. The van der Waals surface area contributed by atoms with Crippen LogP contribution in [0.3, 0.4) is 0 Å². The molecular weight excluding hydrogens is 233 g/mol. The minimum absolute atomic E-state index is 0.350. The van der Waals surface area contributed by atoms with Crippen LogP contribution in [0.25, 0.3) is 0 Å². The summed E-state index contributed by atoms with van der Waals surface area (Å²) < 4.78 is 40.5. The van der Waals surface area contributed by atoms with E-state index in [-0.39, 0.29) is 5.41 Å². The maximum atomic E-state index is 11.9. The summed E-state index contributed by atoms with van der Waals surface area (Å²) in [6, 6.07) is 0. The summed E-state index contributed by atoms with van der Waals surface area (Å²) in [5, 5.41) is 0. The Hall–Kier alpha value is -0.740. The van der Waals surface area contributed by atoms with Gasteiger partial charge in [0.2, 0.25) is 0 Å². The lowest BCUT2D eigenvalue weighted by atomic mass is 9.66.